The summed E-state index contributed by atoms with van der Waals surface area (Å²) < 4.78 is 6.37. The zero-order valence-electron chi connectivity index (χ0n) is 7.59. The van der Waals surface area contributed by atoms with Crippen LogP contribution in [0.25, 0.3) is 0 Å². The molecule has 0 radical (unpaired) electrons. The fraction of sp³-hybridized carbons (Fsp3) is 0.300. The Kier molecular flexibility index (Phi) is 3.96. The van der Waals surface area contributed by atoms with E-state index in [4.69, 9.17) is 4.74 Å². The molecule has 0 spiro atoms. The third-order valence-electron chi connectivity index (χ3n) is 1.62. The highest BCUT2D eigenvalue weighted by atomic mass is 79.9. The zero-order valence-corrected chi connectivity index (χ0v) is 9.17. The Morgan fingerprint density at radius 3 is 3.00 bits per heavy atom. The number of halogens is 1. The van der Waals surface area contributed by atoms with Crippen molar-refractivity contribution in [3.8, 4) is 5.75 Å². The molecule has 0 bridgehead atoms. The molecule has 0 aromatic carbocycles. The predicted molar refractivity (Wildman–Crippen MR) is 56.9 cm³/mol. The number of pyridine rings is 1. The van der Waals surface area contributed by atoms with Crippen LogP contribution >= 0.6 is 15.9 Å². The fourth-order valence-corrected chi connectivity index (χ4v) is 1.10. The maximum absolute atomic E-state index is 5.45. The van der Waals surface area contributed by atoms with Gasteiger partial charge < -0.3 is 4.74 Å². The Hall–Kier alpha value is -0.830. The highest BCUT2D eigenvalue weighted by Crippen LogP contribution is 2.16. The molecule has 2 nitrogen and oxygen atoms in total. The Balaban J connectivity index is 2.50. The Bertz CT molecular complexity index is 299. The Morgan fingerprint density at radius 2 is 2.38 bits per heavy atom. The third-order valence-corrected chi connectivity index (χ3v) is 2.06. The predicted octanol–water partition coefficient (Wildman–Crippen LogP) is 3.19. The van der Waals surface area contributed by atoms with Crippen LogP contribution in [0.1, 0.15) is 13.3 Å². The number of hydrogen-bond donors (Lipinski definition) is 0. The number of hydrogen-bond acceptors (Lipinski definition) is 2. The molecule has 0 amide bonds. The van der Waals surface area contributed by atoms with E-state index in [1.165, 1.54) is 0 Å². The largest absolute Gasteiger partial charge is 0.488 e. The van der Waals surface area contributed by atoms with Crippen LogP contribution in [0.4, 0.5) is 0 Å². The third kappa shape index (κ3) is 3.59. The van der Waals surface area contributed by atoms with Crippen molar-refractivity contribution in [3.05, 3.63) is 35.1 Å². The molecule has 13 heavy (non-hydrogen) atoms. The minimum absolute atomic E-state index is 0.564. The molecule has 3 heteroatoms. The molecule has 0 aliphatic rings. The van der Waals surface area contributed by atoms with Gasteiger partial charge >= 0.3 is 0 Å². The van der Waals surface area contributed by atoms with E-state index in [0.29, 0.717) is 6.61 Å². The second-order valence-corrected chi connectivity index (χ2v) is 3.65. The minimum Gasteiger partial charge on any atom is -0.488 e. The summed E-state index contributed by atoms with van der Waals surface area (Å²) in [4.78, 5) is 3.99. The van der Waals surface area contributed by atoms with Crippen LogP contribution in [0.2, 0.25) is 0 Å². The molecule has 0 aliphatic heterocycles. The molecule has 70 valence electrons. The van der Waals surface area contributed by atoms with Gasteiger partial charge in [-0.3, -0.25) is 4.98 Å². The second kappa shape index (κ2) is 5.02. The van der Waals surface area contributed by atoms with E-state index >= 15 is 0 Å². The molecule has 0 atom stereocenters. The quantitative estimate of drug-likeness (QED) is 0.756. The summed E-state index contributed by atoms with van der Waals surface area (Å²) in [5.41, 5.74) is 1.08. The summed E-state index contributed by atoms with van der Waals surface area (Å²) in [5.74, 6) is 0.768. The van der Waals surface area contributed by atoms with E-state index in [0.717, 1.165) is 22.2 Å². The lowest BCUT2D eigenvalue weighted by atomic mass is 10.2. The van der Waals surface area contributed by atoms with E-state index in [9.17, 15) is 0 Å². The highest BCUT2D eigenvalue weighted by molar-refractivity contribution is 9.10. The molecule has 0 aliphatic carbocycles. The first kappa shape index (κ1) is 10.3. The van der Waals surface area contributed by atoms with Crippen LogP contribution in [-0.2, 0) is 0 Å². The van der Waals surface area contributed by atoms with Gasteiger partial charge in [0.25, 0.3) is 0 Å². The van der Waals surface area contributed by atoms with E-state index in [1.54, 1.807) is 12.4 Å². The highest BCUT2D eigenvalue weighted by Gasteiger charge is 1.96. The van der Waals surface area contributed by atoms with Crippen molar-refractivity contribution in [1.82, 2.24) is 4.98 Å². The van der Waals surface area contributed by atoms with Gasteiger partial charge in [-0.1, -0.05) is 13.5 Å². The lowest BCUT2D eigenvalue weighted by molar-refractivity contribution is 0.347. The van der Waals surface area contributed by atoms with Gasteiger partial charge in [-0.2, -0.15) is 0 Å². The molecular weight excluding hydrogens is 230 g/mol. The molecule has 0 saturated carbocycles. The maximum atomic E-state index is 5.45. The zero-order chi connectivity index (χ0) is 9.68. The topological polar surface area (TPSA) is 22.1 Å². The molecule has 0 fully saturated rings. The van der Waals surface area contributed by atoms with Crippen molar-refractivity contribution in [3.63, 3.8) is 0 Å². The first-order valence-corrected chi connectivity index (χ1v) is 4.91. The summed E-state index contributed by atoms with van der Waals surface area (Å²) in [5, 5.41) is 0. The molecule has 1 heterocycles. The lowest BCUT2D eigenvalue weighted by Crippen LogP contribution is -1.99. The van der Waals surface area contributed by atoms with Crippen molar-refractivity contribution in [2.75, 3.05) is 6.61 Å². The summed E-state index contributed by atoms with van der Waals surface area (Å²) in [7, 11) is 0. The number of ether oxygens (including phenoxy) is 1. The summed E-state index contributed by atoms with van der Waals surface area (Å²) in [6.45, 7) is 6.48. The van der Waals surface area contributed by atoms with Crippen LogP contribution in [0.5, 0.6) is 5.75 Å². The summed E-state index contributed by atoms with van der Waals surface area (Å²) in [6, 6.07) is 1.88. The molecule has 0 unspecified atom stereocenters. The molecule has 1 rings (SSSR count). The van der Waals surface area contributed by atoms with Crippen molar-refractivity contribution in [2.45, 2.75) is 13.3 Å². The van der Waals surface area contributed by atoms with E-state index in [-0.39, 0.29) is 0 Å². The van der Waals surface area contributed by atoms with Crippen LogP contribution in [0.15, 0.2) is 35.1 Å². The van der Waals surface area contributed by atoms with E-state index < -0.39 is 0 Å². The Labute approximate surface area is 86.8 Å². The number of nitrogens with zero attached hydrogens (tertiary/aromatic N) is 1. The molecule has 1 aromatic heterocycles. The van der Waals surface area contributed by atoms with Gasteiger partial charge in [0.15, 0.2) is 0 Å². The van der Waals surface area contributed by atoms with Gasteiger partial charge in [0, 0.05) is 10.7 Å². The van der Waals surface area contributed by atoms with Crippen molar-refractivity contribution in [1.29, 1.82) is 0 Å². The van der Waals surface area contributed by atoms with Crippen molar-refractivity contribution < 1.29 is 4.74 Å². The second-order valence-electron chi connectivity index (χ2n) is 2.73. The van der Waals surface area contributed by atoms with Gasteiger partial charge in [0.1, 0.15) is 12.4 Å². The molecule has 1 aromatic rings. The standard InChI is InChI=1S/C10H12BrNO/c1-3-8(2)7-13-10-4-9(11)5-12-6-10/h4-6H,2-3,7H2,1H3. The maximum Gasteiger partial charge on any atom is 0.139 e. The smallest absolute Gasteiger partial charge is 0.139 e. The average molecular weight is 242 g/mol. The SMILES string of the molecule is C=C(CC)COc1cncc(Br)c1. The number of aromatic nitrogens is 1. The van der Waals surface area contributed by atoms with Crippen molar-refractivity contribution >= 4 is 15.9 Å². The van der Waals surface area contributed by atoms with Gasteiger partial charge in [-0.15, -0.1) is 0 Å². The average Bonchev–Trinajstić information content (AvgIpc) is 2.14. The van der Waals surface area contributed by atoms with Crippen LogP contribution < -0.4 is 4.74 Å². The van der Waals surface area contributed by atoms with Crippen molar-refractivity contribution in [2.24, 2.45) is 0 Å². The monoisotopic (exact) mass is 241 g/mol. The van der Waals surface area contributed by atoms with Gasteiger partial charge in [0.2, 0.25) is 0 Å². The van der Waals surface area contributed by atoms with Crippen LogP contribution in [-0.4, -0.2) is 11.6 Å². The Morgan fingerprint density at radius 1 is 1.62 bits per heavy atom. The van der Waals surface area contributed by atoms with Crippen LogP contribution in [0.3, 0.4) is 0 Å². The van der Waals surface area contributed by atoms with Gasteiger partial charge in [-0.05, 0) is 34.0 Å². The summed E-state index contributed by atoms with van der Waals surface area (Å²) >= 11 is 3.32. The van der Waals surface area contributed by atoms with Crippen LogP contribution in [0, 0.1) is 0 Å². The van der Waals surface area contributed by atoms with Gasteiger partial charge in [0.05, 0.1) is 6.20 Å². The van der Waals surface area contributed by atoms with E-state index in [2.05, 4.69) is 34.4 Å². The first-order valence-electron chi connectivity index (χ1n) is 4.12. The summed E-state index contributed by atoms with van der Waals surface area (Å²) in [6.07, 6.45) is 4.36. The molecular formula is C10H12BrNO. The van der Waals surface area contributed by atoms with E-state index in [1.807, 2.05) is 6.07 Å². The van der Waals surface area contributed by atoms with Gasteiger partial charge in [-0.25, -0.2) is 0 Å². The first-order chi connectivity index (χ1) is 6.22. The molecule has 0 saturated heterocycles. The number of rotatable bonds is 4. The lowest BCUT2D eigenvalue weighted by Gasteiger charge is -2.06. The molecule has 0 N–H and O–H groups in total. The normalized spacial score (nSPS) is 9.69. The fourth-order valence-electron chi connectivity index (χ4n) is 0.759. The minimum atomic E-state index is 0.564.